The summed E-state index contributed by atoms with van der Waals surface area (Å²) in [7, 11) is 1.76. The Hall–Kier alpha value is -3.35. The number of aliphatic hydroxyl groups is 1. The number of methoxy groups -OCH3 is 1. The molecule has 3 aromatic carbocycles. The summed E-state index contributed by atoms with van der Waals surface area (Å²) in [5.41, 5.74) is 5.50. The molecule has 3 fully saturated rings. The van der Waals surface area contributed by atoms with E-state index in [0.29, 0.717) is 30.2 Å². The summed E-state index contributed by atoms with van der Waals surface area (Å²) < 4.78 is 13.2. The molecule has 3 aliphatic carbocycles. The van der Waals surface area contributed by atoms with E-state index in [2.05, 4.69) is 82.6 Å². The first kappa shape index (κ1) is 36.6. The van der Waals surface area contributed by atoms with Crippen LogP contribution in [0.5, 0.6) is 11.5 Å². The fraction of sp³-hybridized carbons (Fsp3) is 0.596. The molecule has 1 amide bonds. The number of unbranched alkanes of at least 4 members (excludes halogenated alkanes) is 7. The predicted octanol–water partition coefficient (Wildman–Crippen LogP) is 8.70. The third kappa shape index (κ3) is 7.65. The monoisotopic (exact) mass is 718 g/mol. The molecule has 3 aromatic rings. The lowest BCUT2D eigenvalue weighted by molar-refractivity contribution is -0.143. The van der Waals surface area contributed by atoms with Crippen molar-refractivity contribution in [3.8, 4) is 11.5 Å². The average molecular weight is 719 g/mol. The summed E-state index contributed by atoms with van der Waals surface area (Å²) in [6.45, 7) is 2.81. The van der Waals surface area contributed by atoms with Crippen LogP contribution >= 0.6 is 0 Å². The molecule has 0 radical (unpaired) electrons. The maximum Gasteiger partial charge on any atom is 0.222 e. The Morgan fingerprint density at radius 1 is 0.868 bits per heavy atom. The fourth-order valence-electron chi connectivity index (χ4n) is 11.1. The van der Waals surface area contributed by atoms with Crippen molar-refractivity contribution in [2.45, 2.75) is 139 Å². The van der Waals surface area contributed by atoms with Crippen molar-refractivity contribution in [3.63, 3.8) is 0 Å². The quantitative estimate of drug-likeness (QED) is 0.126. The van der Waals surface area contributed by atoms with Gasteiger partial charge in [-0.05, 0) is 99.4 Å². The summed E-state index contributed by atoms with van der Waals surface area (Å²) in [5.74, 6) is 3.02. The molecule has 0 aromatic heterocycles. The highest BCUT2D eigenvalue weighted by molar-refractivity contribution is 5.77. The number of carbonyl (C=O) groups is 1. The largest absolute Gasteiger partial charge is 0.493 e. The second-order valence-corrected chi connectivity index (χ2v) is 17.0. The first-order valence-corrected chi connectivity index (χ1v) is 21.2. The van der Waals surface area contributed by atoms with Crippen molar-refractivity contribution >= 4 is 5.91 Å². The van der Waals surface area contributed by atoms with Gasteiger partial charge in [0, 0.05) is 42.4 Å². The van der Waals surface area contributed by atoms with Crippen molar-refractivity contribution in [2.75, 3.05) is 26.7 Å². The number of ether oxygens (including phenoxy) is 2. The van der Waals surface area contributed by atoms with Crippen molar-refractivity contribution < 1.29 is 19.4 Å². The van der Waals surface area contributed by atoms with Crippen LogP contribution in [0.2, 0.25) is 0 Å². The minimum absolute atomic E-state index is 0.0506. The lowest BCUT2D eigenvalue weighted by Gasteiger charge is -2.60. The highest BCUT2D eigenvalue weighted by Gasteiger charge is 2.67. The van der Waals surface area contributed by atoms with Crippen LogP contribution in [0.25, 0.3) is 0 Å². The smallest absolute Gasteiger partial charge is 0.222 e. The molecule has 7 atom stereocenters. The minimum Gasteiger partial charge on any atom is -0.493 e. The molecule has 1 spiro atoms. The van der Waals surface area contributed by atoms with Crippen LogP contribution in [-0.4, -0.2) is 71.8 Å². The molecule has 2 heterocycles. The standard InChI is InChI=1S/C47H62N2O4/c1-52-42-27-24-36-31-40-38-25-26-39(46-47(38,44(36)45(42)53-46)28-30-48(40)33-37-32-41(37)50)49(29-16-22-35-20-13-9-14-21-35)43(51)23-15-7-5-3-2-4-6-10-17-34-18-11-8-12-19-34/h8-9,11-14,18-21,24,27,37-41,46,50H,2-7,10,15-17,22-23,25-26,28-33H2,1H3/t37?,38-,39+,40+,41?,46-,47-/m0/s1. The second-order valence-electron chi connectivity index (χ2n) is 17.0. The van der Waals surface area contributed by atoms with Gasteiger partial charge in [0.1, 0.15) is 6.10 Å². The number of rotatable bonds is 19. The van der Waals surface area contributed by atoms with Crippen LogP contribution in [0.15, 0.2) is 72.8 Å². The van der Waals surface area contributed by atoms with Gasteiger partial charge in [-0.15, -0.1) is 0 Å². The van der Waals surface area contributed by atoms with Gasteiger partial charge in [0.15, 0.2) is 11.5 Å². The minimum atomic E-state index is -0.124. The number of aryl methyl sites for hydroxylation is 2. The van der Waals surface area contributed by atoms with Crippen LogP contribution < -0.4 is 9.47 Å². The maximum atomic E-state index is 14.5. The van der Waals surface area contributed by atoms with Gasteiger partial charge in [-0.25, -0.2) is 0 Å². The molecule has 8 rings (SSSR count). The Morgan fingerprint density at radius 2 is 1.53 bits per heavy atom. The molecule has 1 N–H and O–H groups in total. The number of benzene rings is 3. The fourth-order valence-corrected chi connectivity index (χ4v) is 11.1. The summed E-state index contributed by atoms with van der Waals surface area (Å²) in [6.07, 6.45) is 18.5. The van der Waals surface area contributed by atoms with E-state index < -0.39 is 0 Å². The van der Waals surface area contributed by atoms with Gasteiger partial charge >= 0.3 is 0 Å². The van der Waals surface area contributed by atoms with Crippen LogP contribution in [-0.2, 0) is 29.5 Å². The summed E-state index contributed by atoms with van der Waals surface area (Å²) >= 11 is 0. The molecule has 2 unspecified atom stereocenters. The topological polar surface area (TPSA) is 62.2 Å². The Kier molecular flexibility index (Phi) is 11.4. The Balaban J connectivity index is 0.930. The number of hydrogen-bond acceptors (Lipinski definition) is 5. The average Bonchev–Trinajstić information content (AvgIpc) is 3.77. The van der Waals surface area contributed by atoms with Crippen molar-refractivity contribution in [3.05, 3.63) is 95.1 Å². The van der Waals surface area contributed by atoms with E-state index in [1.54, 1.807) is 7.11 Å². The first-order valence-electron chi connectivity index (χ1n) is 21.2. The molecule has 6 nitrogen and oxygen atoms in total. The number of nitrogens with zero attached hydrogens (tertiary/aromatic N) is 2. The Labute approximate surface area is 318 Å². The van der Waals surface area contributed by atoms with Crippen molar-refractivity contribution in [2.24, 2.45) is 11.8 Å². The molecular weight excluding hydrogens is 657 g/mol. The van der Waals surface area contributed by atoms with E-state index in [-0.39, 0.29) is 23.7 Å². The third-order valence-electron chi connectivity index (χ3n) is 13.8. The zero-order valence-electron chi connectivity index (χ0n) is 32.1. The van der Waals surface area contributed by atoms with Gasteiger partial charge in [-0.3, -0.25) is 9.69 Å². The van der Waals surface area contributed by atoms with Crippen LogP contribution in [0.4, 0.5) is 0 Å². The van der Waals surface area contributed by atoms with Crippen molar-refractivity contribution in [1.82, 2.24) is 9.80 Å². The third-order valence-corrected chi connectivity index (χ3v) is 13.8. The van der Waals surface area contributed by atoms with Crippen LogP contribution in [0.1, 0.15) is 112 Å². The van der Waals surface area contributed by atoms with E-state index in [9.17, 15) is 9.90 Å². The highest BCUT2D eigenvalue weighted by Crippen LogP contribution is 2.64. The van der Waals surface area contributed by atoms with Gasteiger partial charge in [0.2, 0.25) is 5.91 Å². The highest BCUT2D eigenvalue weighted by atomic mass is 16.5. The molecular formula is C47H62N2O4. The lowest BCUT2D eigenvalue weighted by atomic mass is 9.51. The molecule has 2 aliphatic heterocycles. The number of amides is 1. The summed E-state index contributed by atoms with van der Waals surface area (Å²) in [6, 6.07) is 26.5. The number of aliphatic hydroxyl groups excluding tert-OH is 1. The van der Waals surface area contributed by atoms with Gasteiger partial charge < -0.3 is 19.5 Å². The normalized spacial score (nSPS) is 27.9. The molecule has 284 valence electrons. The number of hydrogen-bond donors (Lipinski definition) is 1. The predicted molar refractivity (Wildman–Crippen MR) is 212 cm³/mol. The summed E-state index contributed by atoms with van der Waals surface area (Å²) in [5, 5.41) is 10.2. The molecule has 5 aliphatic rings. The molecule has 1 saturated heterocycles. The van der Waals surface area contributed by atoms with Gasteiger partial charge in [-0.2, -0.15) is 0 Å². The van der Waals surface area contributed by atoms with E-state index in [4.69, 9.17) is 9.47 Å². The van der Waals surface area contributed by atoms with E-state index >= 15 is 0 Å². The van der Waals surface area contributed by atoms with Gasteiger partial charge in [0.05, 0.1) is 19.3 Å². The van der Waals surface area contributed by atoms with E-state index in [1.165, 1.54) is 67.2 Å². The van der Waals surface area contributed by atoms with E-state index in [0.717, 1.165) is 88.9 Å². The maximum absolute atomic E-state index is 14.5. The van der Waals surface area contributed by atoms with Crippen LogP contribution in [0, 0.1) is 11.8 Å². The number of carbonyl (C=O) groups excluding carboxylic acids is 1. The van der Waals surface area contributed by atoms with Gasteiger partial charge in [0.25, 0.3) is 0 Å². The first-order chi connectivity index (χ1) is 26.1. The summed E-state index contributed by atoms with van der Waals surface area (Å²) in [4.78, 5) is 19.5. The number of likely N-dealkylation sites (tertiary alicyclic amines) is 1. The molecule has 6 heteroatoms. The second kappa shape index (κ2) is 16.6. The SMILES string of the molecule is COc1ccc2c3c1O[C@H]1[C@H](N(CCCc4ccccc4)C(=O)CCCCCCCCCCc4ccccc4)CC[C@H]4[C@@H](C2)N(CC2CC2O)CC[C@@]341. The molecule has 2 saturated carbocycles. The Bertz CT molecular complexity index is 1660. The van der Waals surface area contributed by atoms with E-state index in [1.807, 2.05) is 0 Å². The number of piperidine rings is 1. The molecule has 2 bridgehead atoms. The zero-order valence-corrected chi connectivity index (χ0v) is 32.1. The zero-order chi connectivity index (χ0) is 36.2. The van der Waals surface area contributed by atoms with Crippen molar-refractivity contribution in [1.29, 1.82) is 0 Å². The lowest BCUT2D eigenvalue weighted by Crippen LogP contribution is -2.69. The Morgan fingerprint density at radius 3 is 2.21 bits per heavy atom. The molecule has 53 heavy (non-hydrogen) atoms. The van der Waals surface area contributed by atoms with Crippen LogP contribution in [0.3, 0.4) is 0 Å². The van der Waals surface area contributed by atoms with Gasteiger partial charge in [-0.1, -0.05) is 105 Å².